The quantitative estimate of drug-likeness (QED) is 0.169. The van der Waals surface area contributed by atoms with Crippen molar-refractivity contribution >= 4 is 65.5 Å². The molecule has 7 rings (SSSR count). The minimum atomic E-state index is 0.124. The standard InChI is InChI=1S/C37H39N3/c1-36(2,3)20-22-13-14-25-24(17-22)18-27-33-31-23(15-16-38-33)19-30(39(7)8)32-26-11-9-10-12-29(26)40(35(31)32)34(27)28(25)21-37(4,5)6/h9-19H,20-21H2,1-8H3. The number of nitrogens with zero attached hydrogens (tertiary/aromatic N) is 3. The molecule has 0 unspecified atom stereocenters. The fourth-order valence-corrected chi connectivity index (χ4v) is 6.98. The Hall–Kier alpha value is -3.85. The van der Waals surface area contributed by atoms with E-state index in [-0.39, 0.29) is 10.8 Å². The molecule has 0 bridgehead atoms. The highest BCUT2D eigenvalue weighted by molar-refractivity contribution is 6.31. The van der Waals surface area contributed by atoms with Crippen LogP contribution in [0.3, 0.4) is 0 Å². The molecule has 0 fully saturated rings. The molecule has 0 aliphatic carbocycles. The van der Waals surface area contributed by atoms with Gasteiger partial charge in [0.2, 0.25) is 0 Å². The van der Waals surface area contributed by atoms with Crippen molar-refractivity contribution in [1.29, 1.82) is 0 Å². The van der Waals surface area contributed by atoms with E-state index < -0.39 is 0 Å². The summed E-state index contributed by atoms with van der Waals surface area (Å²) in [6, 6.07) is 23.1. The topological polar surface area (TPSA) is 20.5 Å². The van der Waals surface area contributed by atoms with E-state index in [1.54, 1.807) is 0 Å². The average molecular weight is 526 g/mol. The van der Waals surface area contributed by atoms with Crippen LogP contribution in [0.1, 0.15) is 52.7 Å². The van der Waals surface area contributed by atoms with Crippen LogP contribution in [0, 0.1) is 10.8 Å². The Bertz CT molecular complexity index is 2100. The Labute approximate surface area is 236 Å². The van der Waals surface area contributed by atoms with Crippen molar-refractivity contribution in [1.82, 2.24) is 9.38 Å². The molecule has 0 radical (unpaired) electrons. The Kier molecular flexibility index (Phi) is 5.24. The summed E-state index contributed by atoms with van der Waals surface area (Å²) in [5.74, 6) is 0. The molecule has 3 heterocycles. The van der Waals surface area contributed by atoms with Crippen LogP contribution in [0.5, 0.6) is 0 Å². The zero-order chi connectivity index (χ0) is 28.1. The smallest absolute Gasteiger partial charge is 0.0823 e. The van der Waals surface area contributed by atoms with Gasteiger partial charge in [-0.05, 0) is 75.2 Å². The Morgan fingerprint density at radius 2 is 1.45 bits per heavy atom. The Morgan fingerprint density at radius 1 is 0.700 bits per heavy atom. The van der Waals surface area contributed by atoms with E-state index in [1.807, 2.05) is 6.20 Å². The fraction of sp³-hybridized carbons (Fsp3) is 0.324. The van der Waals surface area contributed by atoms with Crippen LogP contribution in [0.4, 0.5) is 5.69 Å². The molecule has 3 heteroatoms. The van der Waals surface area contributed by atoms with Crippen molar-refractivity contribution < 1.29 is 0 Å². The van der Waals surface area contributed by atoms with Crippen molar-refractivity contribution in [3.05, 3.63) is 78.0 Å². The van der Waals surface area contributed by atoms with Gasteiger partial charge in [0.1, 0.15) is 0 Å². The predicted molar refractivity (Wildman–Crippen MR) is 175 cm³/mol. The number of fused-ring (bicyclic) bond motifs is 7. The highest BCUT2D eigenvalue weighted by atomic mass is 15.1. The molecule has 40 heavy (non-hydrogen) atoms. The lowest BCUT2D eigenvalue weighted by Gasteiger charge is -2.24. The monoisotopic (exact) mass is 525 g/mol. The normalized spacial score (nSPS) is 13.2. The van der Waals surface area contributed by atoms with Gasteiger partial charge in [-0.25, -0.2) is 0 Å². The van der Waals surface area contributed by atoms with Crippen LogP contribution in [0.25, 0.3) is 59.8 Å². The second kappa shape index (κ2) is 8.33. The van der Waals surface area contributed by atoms with Crippen molar-refractivity contribution in [2.24, 2.45) is 10.8 Å². The molecule has 0 aliphatic rings. The van der Waals surface area contributed by atoms with Crippen molar-refractivity contribution in [3.63, 3.8) is 0 Å². The molecule has 0 amide bonds. The van der Waals surface area contributed by atoms with E-state index in [2.05, 4.69) is 126 Å². The van der Waals surface area contributed by atoms with E-state index in [0.717, 1.165) is 18.4 Å². The first kappa shape index (κ1) is 25.1. The Balaban J connectivity index is 1.78. The maximum Gasteiger partial charge on any atom is 0.0823 e. The molecule has 0 saturated carbocycles. The number of para-hydroxylation sites is 1. The average Bonchev–Trinajstić information content (AvgIpc) is 3.21. The number of rotatable bonds is 3. The third-order valence-electron chi connectivity index (χ3n) is 8.33. The molecule has 0 spiro atoms. The van der Waals surface area contributed by atoms with E-state index in [0.29, 0.717) is 0 Å². The predicted octanol–water partition coefficient (Wildman–Crippen LogP) is 9.78. The summed E-state index contributed by atoms with van der Waals surface area (Å²) >= 11 is 0. The molecule has 202 valence electrons. The third-order valence-corrected chi connectivity index (χ3v) is 8.33. The fourth-order valence-electron chi connectivity index (χ4n) is 6.98. The maximum absolute atomic E-state index is 5.11. The molecular formula is C37H39N3. The van der Waals surface area contributed by atoms with Gasteiger partial charge < -0.3 is 9.30 Å². The maximum atomic E-state index is 5.11. The number of benzene rings is 4. The van der Waals surface area contributed by atoms with Gasteiger partial charge in [-0.15, -0.1) is 0 Å². The second-order valence-corrected chi connectivity index (χ2v) is 14.4. The SMILES string of the molecule is CN(C)c1cc2ccnc3c4cc5cc(CC(C)(C)C)ccc5c(CC(C)(C)C)c4n4c5ccccc5c1c4c23. The summed E-state index contributed by atoms with van der Waals surface area (Å²) in [7, 11) is 4.31. The zero-order valence-corrected chi connectivity index (χ0v) is 25.1. The van der Waals surface area contributed by atoms with E-state index >= 15 is 0 Å². The van der Waals surface area contributed by atoms with E-state index in [1.165, 1.54) is 71.1 Å². The summed E-state index contributed by atoms with van der Waals surface area (Å²) in [6.07, 6.45) is 4.04. The number of hydrogen-bond donors (Lipinski definition) is 0. The van der Waals surface area contributed by atoms with Crippen LogP contribution in [0.15, 0.2) is 66.9 Å². The number of anilines is 1. The van der Waals surface area contributed by atoms with E-state index in [9.17, 15) is 0 Å². The first-order chi connectivity index (χ1) is 18.9. The summed E-state index contributed by atoms with van der Waals surface area (Å²) < 4.78 is 2.58. The van der Waals surface area contributed by atoms with Crippen LogP contribution < -0.4 is 4.90 Å². The molecule has 0 atom stereocenters. The number of pyridine rings is 2. The molecule has 7 aromatic rings. The first-order valence-corrected chi connectivity index (χ1v) is 14.5. The summed E-state index contributed by atoms with van der Waals surface area (Å²) in [6.45, 7) is 14.0. The summed E-state index contributed by atoms with van der Waals surface area (Å²) in [5.41, 5.74) is 9.40. The minimum Gasteiger partial charge on any atom is -0.377 e. The minimum absolute atomic E-state index is 0.124. The van der Waals surface area contributed by atoms with Crippen molar-refractivity contribution in [3.8, 4) is 0 Å². The van der Waals surface area contributed by atoms with Crippen LogP contribution in [-0.4, -0.2) is 23.5 Å². The summed E-state index contributed by atoms with van der Waals surface area (Å²) in [5, 5.41) is 9.05. The van der Waals surface area contributed by atoms with Crippen molar-refractivity contribution in [2.75, 3.05) is 19.0 Å². The molecule has 0 saturated heterocycles. The third kappa shape index (κ3) is 3.74. The zero-order valence-electron chi connectivity index (χ0n) is 25.1. The van der Waals surface area contributed by atoms with Gasteiger partial charge in [0.05, 0.1) is 22.1 Å². The number of hydrogen-bond acceptors (Lipinski definition) is 2. The van der Waals surface area contributed by atoms with Gasteiger partial charge in [0.25, 0.3) is 0 Å². The second-order valence-electron chi connectivity index (χ2n) is 14.4. The lowest BCUT2D eigenvalue weighted by atomic mass is 9.83. The molecule has 4 aromatic carbocycles. The largest absolute Gasteiger partial charge is 0.377 e. The van der Waals surface area contributed by atoms with Gasteiger partial charge in [0, 0.05) is 47.5 Å². The van der Waals surface area contributed by atoms with Gasteiger partial charge >= 0.3 is 0 Å². The van der Waals surface area contributed by atoms with Crippen LogP contribution in [-0.2, 0) is 12.8 Å². The van der Waals surface area contributed by atoms with Gasteiger partial charge in [-0.1, -0.05) is 77.9 Å². The highest BCUT2D eigenvalue weighted by Gasteiger charge is 2.26. The molecule has 0 N–H and O–H groups in total. The van der Waals surface area contributed by atoms with Crippen LogP contribution >= 0.6 is 0 Å². The van der Waals surface area contributed by atoms with Crippen molar-refractivity contribution in [2.45, 2.75) is 54.4 Å². The number of aromatic nitrogens is 2. The first-order valence-electron chi connectivity index (χ1n) is 14.5. The molecular weight excluding hydrogens is 486 g/mol. The lowest BCUT2D eigenvalue weighted by molar-refractivity contribution is 0.411. The summed E-state index contributed by atoms with van der Waals surface area (Å²) in [4.78, 5) is 7.36. The van der Waals surface area contributed by atoms with Gasteiger partial charge in [-0.3, -0.25) is 4.98 Å². The molecule has 0 aliphatic heterocycles. The van der Waals surface area contributed by atoms with Crippen LogP contribution in [0.2, 0.25) is 0 Å². The van der Waals surface area contributed by atoms with Gasteiger partial charge in [-0.2, -0.15) is 0 Å². The van der Waals surface area contributed by atoms with E-state index in [4.69, 9.17) is 4.98 Å². The van der Waals surface area contributed by atoms with Gasteiger partial charge in [0.15, 0.2) is 0 Å². The Morgan fingerprint density at radius 3 is 2.17 bits per heavy atom. The highest BCUT2D eigenvalue weighted by Crippen LogP contribution is 2.47. The molecule has 3 nitrogen and oxygen atoms in total. The molecule has 3 aromatic heterocycles. The lowest BCUT2D eigenvalue weighted by Crippen LogP contribution is -2.12.